The van der Waals surface area contributed by atoms with Crippen LogP contribution in [0.4, 0.5) is 0 Å². The summed E-state index contributed by atoms with van der Waals surface area (Å²) in [6.07, 6.45) is 0. The summed E-state index contributed by atoms with van der Waals surface area (Å²) in [6.45, 7) is 0. The molecule has 0 spiro atoms. The molecular weight excluding hydrogens is 155 g/mol. The maximum atomic E-state index is 7.15. The van der Waals surface area contributed by atoms with Gasteiger partial charge in [-0.25, -0.2) is 0 Å². The Hall–Kier alpha value is 0.799. The van der Waals surface area contributed by atoms with Gasteiger partial charge < -0.3 is 0 Å². The summed E-state index contributed by atoms with van der Waals surface area (Å²) in [5.74, 6) is 0. The van der Waals surface area contributed by atoms with Gasteiger partial charge in [-0.05, 0) is 0 Å². The molecule has 0 aromatic rings. The van der Waals surface area contributed by atoms with Gasteiger partial charge in [0.1, 0.15) is 0 Å². The zero-order valence-electron chi connectivity index (χ0n) is 4.50. The van der Waals surface area contributed by atoms with Crippen LogP contribution in [0.3, 0.4) is 0 Å². The van der Waals surface area contributed by atoms with Gasteiger partial charge in [0.05, 0.1) is 0 Å². The summed E-state index contributed by atoms with van der Waals surface area (Å²) in [4.78, 5) is 6.19. The Morgan fingerprint density at radius 1 is 1.50 bits per heavy atom. The molecule has 0 rings (SSSR count). The van der Waals surface area contributed by atoms with Crippen molar-refractivity contribution >= 4 is 19.6 Å². The second kappa shape index (κ2) is 2.06. The molecular formula is C3H10Sn. The topological polar surface area (TPSA) is 0 Å². The number of rotatable bonds is 0. The summed E-state index contributed by atoms with van der Waals surface area (Å²) >= 11 is -1.93. The van der Waals surface area contributed by atoms with Crippen LogP contribution >= 0.6 is 0 Å². The van der Waals surface area contributed by atoms with Crippen molar-refractivity contribution in [3.63, 3.8) is 0 Å². The number of hydrogen-bond acceptors (Lipinski definition) is 0. The molecule has 0 saturated carbocycles. The van der Waals surface area contributed by atoms with Crippen molar-refractivity contribution in [2.24, 2.45) is 0 Å². The van der Waals surface area contributed by atoms with E-state index in [1.165, 1.54) is 0 Å². The molecule has 0 aromatic heterocycles. The first-order chi connectivity index (χ1) is 2.00. The van der Waals surface area contributed by atoms with E-state index in [0.717, 1.165) is 0 Å². The van der Waals surface area contributed by atoms with Gasteiger partial charge in [-0.1, -0.05) is 0 Å². The van der Waals surface area contributed by atoms with E-state index in [4.69, 9.17) is 0.598 Å². The molecule has 0 aliphatic carbocycles. The average molecular weight is 166 g/mol. The van der Waals surface area contributed by atoms with E-state index in [1.807, 2.05) is 0 Å². The van der Waals surface area contributed by atoms with Crippen LogP contribution in [0.2, 0.25) is 14.8 Å². The molecule has 0 nitrogen and oxygen atoms in total. The summed E-state index contributed by atoms with van der Waals surface area (Å²) in [5.41, 5.74) is 0. The van der Waals surface area contributed by atoms with Gasteiger partial charge >= 0.3 is 35.0 Å². The van der Waals surface area contributed by atoms with Gasteiger partial charge in [0.2, 0.25) is 0 Å². The molecule has 4 heavy (non-hydrogen) atoms. The first-order valence-electron chi connectivity index (χ1n) is 2.00. The summed E-state index contributed by atoms with van der Waals surface area (Å²) in [5, 5.41) is 0. The molecule has 0 bridgehead atoms. The van der Waals surface area contributed by atoms with Crippen molar-refractivity contribution in [2.45, 2.75) is 14.8 Å². The third-order valence-electron chi connectivity index (χ3n) is 0. The Kier molecular flexibility index (Phi) is 1.55. The van der Waals surface area contributed by atoms with Gasteiger partial charge in [-0.15, -0.1) is 0 Å². The van der Waals surface area contributed by atoms with E-state index >= 15 is 0 Å². The molecule has 0 fully saturated rings. The minimum atomic E-state index is -1.93. The van der Waals surface area contributed by atoms with Crippen LogP contribution in [-0.4, -0.2) is 20.2 Å². The Morgan fingerprint density at radius 2 is 1.50 bits per heavy atom. The molecule has 0 atom stereocenters. The second-order valence-electron chi connectivity index (χ2n) is 1.50. The fourth-order valence-corrected chi connectivity index (χ4v) is 0. The van der Waals surface area contributed by atoms with Crippen molar-refractivity contribution in [1.29, 1.82) is 0.598 Å². The summed E-state index contributed by atoms with van der Waals surface area (Å²) in [7, 11) is 0. The van der Waals surface area contributed by atoms with Crippen LogP contribution in [0.5, 0.6) is 0 Å². The molecule has 0 heterocycles. The van der Waals surface area contributed by atoms with Crippen molar-refractivity contribution in [3.8, 4) is 0 Å². The fourth-order valence-electron chi connectivity index (χ4n) is 0. The molecule has 0 aliphatic rings. The molecule has 0 N–H and O–H groups in total. The molecule has 0 saturated heterocycles. The van der Waals surface area contributed by atoms with E-state index < -0.39 is 19.6 Å². The van der Waals surface area contributed by atoms with Crippen molar-refractivity contribution < 1.29 is 0 Å². The first-order valence-corrected chi connectivity index (χ1v) is 10.1. The second-order valence-corrected chi connectivity index (χ2v) is 10.1. The van der Waals surface area contributed by atoms with Gasteiger partial charge in [-0.2, -0.15) is 0 Å². The van der Waals surface area contributed by atoms with E-state index in [0.29, 0.717) is 0 Å². The Labute approximate surface area is 35.4 Å². The minimum absolute atomic E-state index is 1.93. The van der Waals surface area contributed by atoms with Crippen LogP contribution in [0, 0.1) is 0 Å². The Morgan fingerprint density at radius 3 is 1.50 bits per heavy atom. The van der Waals surface area contributed by atoms with E-state index in [9.17, 15) is 0 Å². The van der Waals surface area contributed by atoms with Gasteiger partial charge in [0, 0.05) is 0 Å². The van der Waals surface area contributed by atoms with Crippen molar-refractivity contribution in [3.05, 3.63) is 0 Å². The molecule has 1 heteroatoms. The average Bonchev–Trinajstić information content (AvgIpc) is 0.722. The molecule has 26 valence electrons. The van der Waals surface area contributed by atoms with Crippen LogP contribution in [-0.2, 0) is 0 Å². The standard InChI is InChI=1S/3CH3.Sn.H/h3*1H3;;/i;;;;1+1. The quantitative estimate of drug-likeness (QED) is 0.472. The monoisotopic (exact) mass is 167 g/mol. The fraction of sp³-hybridized carbons (Fsp3) is 1.00. The van der Waals surface area contributed by atoms with Crippen LogP contribution in [0.1, 0.15) is 0 Å². The van der Waals surface area contributed by atoms with E-state index in [1.54, 1.807) is 0 Å². The zero-order chi connectivity index (χ0) is 4.50. The zero-order valence-corrected chi connectivity index (χ0v) is 6.35. The molecule has 0 radical (unpaired) electrons. The summed E-state index contributed by atoms with van der Waals surface area (Å²) < 4.78 is 7.15. The van der Waals surface area contributed by atoms with Gasteiger partial charge in [0.25, 0.3) is 0 Å². The molecule has 0 amide bonds. The van der Waals surface area contributed by atoms with Crippen LogP contribution < -0.4 is 0 Å². The van der Waals surface area contributed by atoms with E-state index in [2.05, 4.69) is 14.8 Å². The Balaban J connectivity index is 3.02. The first kappa shape index (κ1) is 3.01. The van der Waals surface area contributed by atoms with E-state index in [-0.39, 0.29) is 0 Å². The third kappa shape index (κ3) is 14.2. The van der Waals surface area contributed by atoms with Crippen molar-refractivity contribution in [2.75, 3.05) is 0 Å². The Bertz CT molecular complexity index is 22.4. The normalized spacial score (nSPS) is 15.2. The molecule has 0 aromatic carbocycles. The maximum absolute atomic E-state index is 7.15. The summed E-state index contributed by atoms with van der Waals surface area (Å²) in [6, 6.07) is 0. The van der Waals surface area contributed by atoms with Crippen molar-refractivity contribution in [1.82, 2.24) is 0 Å². The van der Waals surface area contributed by atoms with Gasteiger partial charge in [-0.3, -0.25) is 0 Å². The third-order valence-corrected chi connectivity index (χ3v) is 0. The SMILES string of the molecule is [2H][Sn]([CH3])([CH3])[CH3]. The predicted octanol–water partition coefficient (Wildman–Crippen LogP) is 1.10. The molecule has 0 unspecified atom stereocenters. The molecule has 0 aliphatic heterocycles. The predicted molar refractivity (Wildman–Crippen MR) is 24.7 cm³/mol. The van der Waals surface area contributed by atoms with Gasteiger partial charge in [0.15, 0.2) is 0 Å². The van der Waals surface area contributed by atoms with Crippen LogP contribution in [0.25, 0.3) is 0 Å². The number of hydrogen-bond donors (Lipinski definition) is 0. The van der Waals surface area contributed by atoms with Crippen LogP contribution in [0.15, 0.2) is 0 Å².